The molecule has 6 nitrogen and oxygen atoms in total. The van der Waals surface area contributed by atoms with E-state index in [1.165, 1.54) is 0 Å². The van der Waals surface area contributed by atoms with E-state index in [1.807, 2.05) is 18.2 Å². The summed E-state index contributed by atoms with van der Waals surface area (Å²) < 4.78 is 5.17. The van der Waals surface area contributed by atoms with Crippen molar-refractivity contribution in [2.45, 2.75) is 37.8 Å². The molecule has 2 bridgehead atoms. The summed E-state index contributed by atoms with van der Waals surface area (Å²) in [6.07, 6.45) is 3.63. The number of rotatable bonds is 4. The van der Waals surface area contributed by atoms with Crippen molar-refractivity contribution < 1.29 is 14.3 Å². The first-order valence-electron chi connectivity index (χ1n) is 8.12. The first kappa shape index (κ1) is 15.8. The zero-order valence-electron chi connectivity index (χ0n) is 13.4. The number of carbonyl (C=O) groups excluding carboxylic acids is 2. The summed E-state index contributed by atoms with van der Waals surface area (Å²) in [4.78, 5) is 26.4. The molecule has 2 fully saturated rings. The molecule has 0 spiro atoms. The molecule has 0 aromatic heterocycles. The fraction of sp³-hybridized carbons (Fsp3) is 0.529. The maximum Gasteiger partial charge on any atom is 0.238 e. The van der Waals surface area contributed by atoms with Crippen molar-refractivity contribution in [3.63, 3.8) is 0 Å². The van der Waals surface area contributed by atoms with E-state index in [0.29, 0.717) is 25.3 Å². The summed E-state index contributed by atoms with van der Waals surface area (Å²) in [6.45, 7) is 0.962. The predicted octanol–water partition coefficient (Wildman–Crippen LogP) is 1.38. The van der Waals surface area contributed by atoms with E-state index in [2.05, 4.69) is 15.5 Å². The fourth-order valence-electron chi connectivity index (χ4n) is 3.50. The molecule has 2 saturated heterocycles. The van der Waals surface area contributed by atoms with E-state index >= 15 is 0 Å². The van der Waals surface area contributed by atoms with Crippen molar-refractivity contribution in [1.29, 1.82) is 0 Å². The van der Waals surface area contributed by atoms with Crippen LogP contribution in [0.1, 0.15) is 25.7 Å². The summed E-state index contributed by atoms with van der Waals surface area (Å²) in [7, 11) is 1.60. The van der Waals surface area contributed by atoms with E-state index < -0.39 is 0 Å². The molecule has 1 aromatic carbocycles. The summed E-state index contributed by atoms with van der Waals surface area (Å²) in [6, 6.07) is 7.76. The highest BCUT2D eigenvalue weighted by Crippen LogP contribution is 2.26. The van der Waals surface area contributed by atoms with Gasteiger partial charge >= 0.3 is 0 Å². The minimum atomic E-state index is -0.0514. The number of fused-ring (bicyclic) bond motifs is 2. The Kier molecular flexibility index (Phi) is 4.81. The Morgan fingerprint density at radius 2 is 2.22 bits per heavy atom. The van der Waals surface area contributed by atoms with Crippen LogP contribution in [0.4, 0.5) is 5.69 Å². The number of piperidine rings is 1. The van der Waals surface area contributed by atoms with Gasteiger partial charge in [0.1, 0.15) is 5.75 Å². The van der Waals surface area contributed by atoms with Gasteiger partial charge in [-0.25, -0.2) is 0 Å². The Hall–Kier alpha value is -2.08. The third kappa shape index (κ3) is 3.82. The van der Waals surface area contributed by atoms with Crippen molar-refractivity contribution in [3.8, 4) is 5.75 Å². The number of ether oxygens (including phenoxy) is 1. The van der Waals surface area contributed by atoms with Crippen molar-refractivity contribution in [1.82, 2.24) is 10.2 Å². The SMILES string of the molecule is COc1cccc(NC(=O)CN2C3CCCC2CC(=O)NC3)c1. The number of nitrogens with one attached hydrogen (secondary N) is 2. The lowest BCUT2D eigenvalue weighted by atomic mass is 9.94. The molecule has 2 atom stereocenters. The molecule has 0 saturated carbocycles. The third-order valence-corrected chi connectivity index (χ3v) is 4.65. The quantitative estimate of drug-likeness (QED) is 0.880. The number of benzene rings is 1. The van der Waals surface area contributed by atoms with E-state index in [1.54, 1.807) is 13.2 Å². The van der Waals surface area contributed by atoms with Crippen LogP contribution in [0.2, 0.25) is 0 Å². The molecule has 23 heavy (non-hydrogen) atoms. The number of hydrogen-bond acceptors (Lipinski definition) is 4. The standard InChI is InChI=1S/C17H23N3O3/c1-23-15-7-2-4-12(8-15)19-17(22)11-20-13-5-3-6-14(20)10-18-16(21)9-13/h2,4,7-8,13-14H,3,5-6,9-11H2,1H3,(H,18,21)(H,19,22). The lowest BCUT2D eigenvalue weighted by Gasteiger charge is -2.39. The van der Waals surface area contributed by atoms with Crippen LogP contribution in [0.15, 0.2) is 24.3 Å². The molecule has 2 amide bonds. The second kappa shape index (κ2) is 7.00. The van der Waals surface area contributed by atoms with Gasteiger partial charge in [-0.3, -0.25) is 14.5 Å². The molecule has 2 unspecified atom stereocenters. The first-order valence-corrected chi connectivity index (χ1v) is 8.12. The minimum Gasteiger partial charge on any atom is -0.497 e. The molecule has 2 N–H and O–H groups in total. The highest BCUT2D eigenvalue weighted by Gasteiger charge is 2.35. The molecule has 2 heterocycles. The molecule has 124 valence electrons. The lowest BCUT2D eigenvalue weighted by Crippen LogP contribution is -2.50. The topological polar surface area (TPSA) is 70.7 Å². The van der Waals surface area contributed by atoms with Crippen molar-refractivity contribution in [3.05, 3.63) is 24.3 Å². The normalized spacial score (nSPS) is 24.5. The third-order valence-electron chi connectivity index (χ3n) is 4.65. The first-order chi connectivity index (χ1) is 11.2. The van der Waals surface area contributed by atoms with Gasteiger partial charge in [-0.2, -0.15) is 0 Å². The molecule has 2 aliphatic heterocycles. The van der Waals surface area contributed by atoms with Crippen LogP contribution in [0, 0.1) is 0 Å². The summed E-state index contributed by atoms with van der Waals surface area (Å²) in [5.41, 5.74) is 0.725. The number of nitrogens with zero attached hydrogens (tertiary/aromatic N) is 1. The van der Waals surface area contributed by atoms with Gasteiger partial charge in [0.25, 0.3) is 0 Å². The molecule has 0 radical (unpaired) electrons. The minimum absolute atomic E-state index is 0.0514. The zero-order chi connectivity index (χ0) is 16.2. The van der Waals surface area contributed by atoms with Crippen LogP contribution >= 0.6 is 0 Å². The Morgan fingerprint density at radius 3 is 3.04 bits per heavy atom. The number of carbonyl (C=O) groups is 2. The van der Waals surface area contributed by atoms with Crippen molar-refractivity contribution >= 4 is 17.5 Å². The molecule has 2 aliphatic rings. The molecule has 0 aliphatic carbocycles. The van der Waals surface area contributed by atoms with Gasteiger partial charge in [0.05, 0.1) is 13.7 Å². The second-order valence-electron chi connectivity index (χ2n) is 6.20. The Balaban J connectivity index is 1.65. The number of amides is 2. The number of methoxy groups -OCH3 is 1. The van der Waals surface area contributed by atoms with Gasteiger partial charge in [0.15, 0.2) is 0 Å². The van der Waals surface area contributed by atoms with Crippen molar-refractivity contribution in [2.24, 2.45) is 0 Å². The van der Waals surface area contributed by atoms with Crippen LogP contribution in [-0.2, 0) is 9.59 Å². The van der Waals surface area contributed by atoms with E-state index in [9.17, 15) is 9.59 Å². The Bertz CT molecular complexity index is 590. The smallest absolute Gasteiger partial charge is 0.238 e. The van der Waals surface area contributed by atoms with Crippen LogP contribution < -0.4 is 15.4 Å². The fourth-order valence-corrected chi connectivity index (χ4v) is 3.50. The average molecular weight is 317 g/mol. The van der Waals surface area contributed by atoms with Gasteiger partial charge in [0.2, 0.25) is 11.8 Å². The van der Waals surface area contributed by atoms with Gasteiger partial charge in [-0.15, -0.1) is 0 Å². The van der Waals surface area contributed by atoms with Crippen LogP contribution in [-0.4, -0.2) is 49.0 Å². The zero-order valence-corrected chi connectivity index (χ0v) is 13.4. The molecule has 3 rings (SSSR count). The molecule has 6 heteroatoms. The highest BCUT2D eigenvalue weighted by molar-refractivity contribution is 5.92. The van der Waals surface area contributed by atoms with E-state index in [0.717, 1.165) is 24.9 Å². The maximum absolute atomic E-state index is 12.4. The average Bonchev–Trinajstić information content (AvgIpc) is 2.62. The summed E-state index contributed by atoms with van der Waals surface area (Å²) >= 11 is 0. The maximum atomic E-state index is 12.4. The van der Waals surface area contributed by atoms with E-state index in [4.69, 9.17) is 4.74 Å². The largest absolute Gasteiger partial charge is 0.497 e. The highest BCUT2D eigenvalue weighted by atomic mass is 16.5. The number of hydrogen-bond donors (Lipinski definition) is 2. The monoisotopic (exact) mass is 317 g/mol. The van der Waals surface area contributed by atoms with Gasteiger partial charge in [-0.1, -0.05) is 12.5 Å². The van der Waals surface area contributed by atoms with Crippen LogP contribution in [0.3, 0.4) is 0 Å². The second-order valence-corrected chi connectivity index (χ2v) is 6.20. The molecular weight excluding hydrogens is 294 g/mol. The van der Waals surface area contributed by atoms with E-state index in [-0.39, 0.29) is 23.9 Å². The summed E-state index contributed by atoms with van der Waals surface area (Å²) in [5.74, 6) is 0.756. The molecular formula is C17H23N3O3. The van der Waals surface area contributed by atoms with Gasteiger partial charge in [0, 0.05) is 36.8 Å². The van der Waals surface area contributed by atoms with Crippen molar-refractivity contribution in [2.75, 3.05) is 25.5 Å². The summed E-state index contributed by atoms with van der Waals surface area (Å²) in [5, 5.41) is 5.87. The Morgan fingerprint density at radius 1 is 1.39 bits per heavy atom. The molecule has 1 aromatic rings. The number of anilines is 1. The Labute approximate surface area is 136 Å². The van der Waals surface area contributed by atoms with Crippen LogP contribution in [0.25, 0.3) is 0 Å². The predicted molar refractivity (Wildman–Crippen MR) is 87.4 cm³/mol. The van der Waals surface area contributed by atoms with Crippen LogP contribution in [0.5, 0.6) is 5.75 Å². The van der Waals surface area contributed by atoms with Gasteiger partial charge < -0.3 is 15.4 Å². The lowest BCUT2D eigenvalue weighted by molar-refractivity contribution is -0.122. The van der Waals surface area contributed by atoms with Gasteiger partial charge in [-0.05, 0) is 25.0 Å².